The van der Waals surface area contributed by atoms with E-state index in [1.54, 1.807) is 18.4 Å². The van der Waals surface area contributed by atoms with Gasteiger partial charge in [0.25, 0.3) is 0 Å². The minimum atomic E-state index is -3.63. The lowest BCUT2D eigenvalue weighted by atomic mass is 9.99. The molecule has 1 unspecified atom stereocenters. The molecule has 1 saturated heterocycles. The predicted molar refractivity (Wildman–Crippen MR) is 103 cm³/mol. The summed E-state index contributed by atoms with van der Waals surface area (Å²) >= 11 is 0. The van der Waals surface area contributed by atoms with Crippen LogP contribution < -0.4 is 5.32 Å². The van der Waals surface area contributed by atoms with E-state index in [2.05, 4.69) is 5.32 Å². The van der Waals surface area contributed by atoms with Crippen molar-refractivity contribution in [2.24, 2.45) is 5.92 Å². The van der Waals surface area contributed by atoms with Crippen molar-refractivity contribution in [3.8, 4) is 0 Å². The van der Waals surface area contributed by atoms with Crippen molar-refractivity contribution in [2.75, 3.05) is 13.1 Å². The molecule has 27 heavy (non-hydrogen) atoms. The molecule has 0 radical (unpaired) electrons. The monoisotopic (exact) mass is 390 g/mol. The molecule has 0 bridgehead atoms. The minimum Gasteiger partial charge on any atom is -0.467 e. The summed E-state index contributed by atoms with van der Waals surface area (Å²) in [7, 11) is -3.63. The van der Waals surface area contributed by atoms with E-state index >= 15 is 0 Å². The minimum absolute atomic E-state index is 0.136. The molecule has 1 aliphatic heterocycles. The van der Waals surface area contributed by atoms with Gasteiger partial charge in [-0.25, -0.2) is 8.42 Å². The Labute approximate surface area is 160 Å². The van der Waals surface area contributed by atoms with Crippen LogP contribution in [0.3, 0.4) is 0 Å². The van der Waals surface area contributed by atoms with Gasteiger partial charge in [-0.1, -0.05) is 17.7 Å². The molecule has 1 atom stereocenters. The summed E-state index contributed by atoms with van der Waals surface area (Å²) in [6.45, 7) is 6.56. The highest BCUT2D eigenvalue weighted by atomic mass is 32.2. The Balaban J connectivity index is 1.74. The molecular formula is C20H26N2O4S. The normalized spacial score (nSPS) is 18.4. The molecular weight excluding hydrogens is 364 g/mol. The Kier molecular flexibility index (Phi) is 5.72. The summed E-state index contributed by atoms with van der Waals surface area (Å²) < 4.78 is 33.1. The van der Waals surface area contributed by atoms with Crippen LogP contribution in [-0.4, -0.2) is 31.7 Å². The number of hydrogen-bond donors (Lipinski definition) is 1. The summed E-state index contributed by atoms with van der Waals surface area (Å²) in [6.07, 6.45) is 2.91. The first kappa shape index (κ1) is 19.6. The van der Waals surface area contributed by atoms with Crippen molar-refractivity contribution < 1.29 is 17.6 Å². The van der Waals surface area contributed by atoms with Gasteiger partial charge in [0.2, 0.25) is 15.9 Å². The molecule has 1 aromatic heterocycles. The number of piperidine rings is 1. The van der Waals surface area contributed by atoms with Crippen molar-refractivity contribution in [1.29, 1.82) is 0 Å². The van der Waals surface area contributed by atoms with Crippen LogP contribution in [0.1, 0.15) is 35.3 Å². The SMILES string of the molecule is Cc1cc(C)c(S(=O)(=O)N2CCCC(C(=O)NCc3ccco3)C2)c(C)c1. The number of carbonyl (C=O) groups is 1. The number of sulfonamides is 1. The van der Waals surface area contributed by atoms with Gasteiger partial charge in [-0.3, -0.25) is 4.79 Å². The summed E-state index contributed by atoms with van der Waals surface area (Å²) in [5.41, 5.74) is 2.53. The molecule has 0 aliphatic carbocycles. The lowest BCUT2D eigenvalue weighted by Gasteiger charge is -2.32. The van der Waals surface area contributed by atoms with Gasteiger partial charge in [0, 0.05) is 13.1 Å². The lowest BCUT2D eigenvalue weighted by molar-refractivity contribution is -0.126. The highest BCUT2D eigenvalue weighted by molar-refractivity contribution is 7.89. The number of nitrogens with zero attached hydrogens (tertiary/aromatic N) is 1. The maximum Gasteiger partial charge on any atom is 0.243 e. The van der Waals surface area contributed by atoms with Crippen LogP contribution in [0.25, 0.3) is 0 Å². The fourth-order valence-corrected chi connectivity index (χ4v) is 5.74. The van der Waals surface area contributed by atoms with Crippen LogP contribution in [0.4, 0.5) is 0 Å². The molecule has 0 saturated carbocycles. The molecule has 1 amide bonds. The summed E-state index contributed by atoms with van der Waals surface area (Å²) in [5.74, 6) is 0.188. The number of hydrogen-bond acceptors (Lipinski definition) is 4. The first-order valence-electron chi connectivity index (χ1n) is 9.17. The Morgan fingerprint density at radius 2 is 1.96 bits per heavy atom. The smallest absolute Gasteiger partial charge is 0.243 e. The number of amides is 1. The Morgan fingerprint density at radius 3 is 2.59 bits per heavy atom. The largest absolute Gasteiger partial charge is 0.467 e. The number of aryl methyl sites for hydroxylation is 3. The third-order valence-electron chi connectivity index (χ3n) is 4.97. The van der Waals surface area contributed by atoms with Crippen LogP contribution in [0, 0.1) is 26.7 Å². The Morgan fingerprint density at radius 1 is 1.26 bits per heavy atom. The lowest BCUT2D eigenvalue weighted by Crippen LogP contribution is -2.45. The maximum absolute atomic E-state index is 13.2. The molecule has 146 valence electrons. The molecule has 3 rings (SSSR count). The highest BCUT2D eigenvalue weighted by Crippen LogP contribution is 2.29. The Hall–Kier alpha value is -2.12. The molecule has 2 heterocycles. The first-order chi connectivity index (χ1) is 12.8. The summed E-state index contributed by atoms with van der Waals surface area (Å²) in [5, 5.41) is 2.84. The average Bonchev–Trinajstić information content (AvgIpc) is 3.12. The van der Waals surface area contributed by atoms with E-state index < -0.39 is 10.0 Å². The van der Waals surface area contributed by atoms with E-state index in [0.717, 1.165) is 16.7 Å². The van der Waals surface area contributed by atoms with Crippen molar-refractivity contribution in [1.82, 2.24) is 9.62 Å². The standard InChI is InChI=1S/C20H26N2O4S/c1-14-10-15(2)19(16(3)11-14)27(24,25)22-8-4-6-17(13-22)20(23)21-12-18-7-5-9-26-18/h5,7,9-11,17H,4,6,8,12-13H2,1-3H3,(H,21,23). The number of nitrogens with one attached hydrogen (secondary N) is 1. The highest BCUT2D eigenvalue weighted by Gasteiger charge is 2.34. The van der Waals surface area contributed by atoms with Gasteiger partial charge in [0.05, 0.1) is 23.6 Å². The van der Waals surface area contributed by atoms with E-state index in [4.69, 9.17) is 4.42 Å². The number of rotatable bonds is 5. The third-order valence-corrected chi connectivity index (χ3v) is 7.15. The second-order valence-electron chi connectivity index (χ2n) is 7.23. The molecule has 1 N–H and O–H groups in total. The molecule has 1 fully saturated rings. The van der Waals surface area contributed by atoms with Crippen LogP contribution in [-0.2, 0) is 21.4 Å². The number of benzene rings is 1. The van der Waals surface area contributed by atoms with Crippen LogP contribution >= 0.6 is 0 Å². The zero-order valence-electron chi connectivity index (χ0n) is 16.0. The van der Waals surface area contributed by atoms with Crippen molar-refractivity contribution >= 4 is 15.9 Å². The van der Waals surface area contributed by atoms with Gasteiger partial charge >= 0.3 is 0 Å². The molecule has 0 spiro atoms. The molecule has 2 aromatic rings. The number of carbonyl (C=O) groups excluding carboxylic acids is 1. The topological polar surface area (TPSA) is 79.6 Å². The fourth-order valence-electron chi connectivity index (χ4n) is 3.81. The predicted octanol–water partition coefficient (Wildman–Crippen LogP) is 2.92. The third kappa shape index (κ3) is 4.25. The summed E-state index contributed by atoms with van der Waals surface area (Å²) in [6, 6.07) is 7.33. The van der Waals surface area contributed by atoms with Crippen molar-refractivity contribution in [2.45, 2.75) is 45.1 Å². The average molecular weight is 391 g/mol. The number of furan rings is 1. The summed E-state index contributed by atoms with van der Waals surface area (Å²) in [4.78, 5) is 12.9. The van der Waals surface area contributed by atoms with Gasteiger partial charge in [-0.2, -0.15) is 4.31 Å². The van der Waals surface area contributed by atoms with Crippen molar-refractivity contribution in [3.63, 3.8) is 0 Å². The fraction of sp³-hybridized carbons (Fsp3) is 0.450. The van der Waals surface area contributed by atoms with Gasteiger partial charge in [-0.15, -0.1) is 0 Å². The zero-order valence-corrected chi connectivity index (χ0v) is 16.8. The molecule has 1 aliphatic rings. The molecule has 1 aromatic carbocycles. The van der Waals surface area contributed by atoms with Gasteiger partial charge < -0.3 is 9.73 Å². The second kappa shape index (κ2) is 7.86. The van der Waals surface area contributed by atoms with Crippen LogP contribution in [0.15, 0.2) is 39.8 Å². The zero-order chi connectivity index (χ0) is 19.6. The quantitative estimate of drug-likeness (QED) is 0.851. The van der Waals surface area contributed by atoms with E-state index in [1.165, 1.54) is 4.31 Å². The Bertz CT molecular complexity index is 896. The van der Waals surface area contributed by atoms with Gasteiger partial charge in [-0.05, 0) is 56.9 Å². The van der Waals surface area contributed by atoms with Crippen LogP contribution in [0.5, 0.6) is 0 Å². The van der Waals surface area contributed by atoms with Gasteiger partial charge in [0.15, 0.2) is 0 Å². The van der Waals surface area contributed by atoms with E-state index in [0.29, 0.717) is 36.6 Å². The van der Waals surface area contributed by atoms with Crippen LogP contribution in [0.2, 0.25) is 0 Å². The van der Waals surface area contributed by atoms with E-state index in [9.17, 15) is 13.2 Å². The maximum atomic E-state index is 13.2. The first-order valence-corrected chi connectivity index (χ1v) is 10.6. The van der Waals surface area contributed by atoms with E-state index in [-0.39, 0.29) is 18.4 Å². The van der Waals surface area contributed by atoms with Crippen molar-refractivity contribution in [3.05, 3.63) is 53.0 Å². The second-order valence-corrected chi connectivity index (χ2v) is 9.10. The molecule has 7 heteroatoms. The van der Waals surface area contributed by atoms with E-state index in [1.807, 2.05) is 32.9 Å². The van der Waals surface area contributed by atoms with Gasteiger partial charge in [0.1, 0.15) is 5.76 Å². The molecule has 6 nitrogen and oxygen atoms in total.